The van der Waals surface area contributed by atoms with Crippen molar-refractivity contribution in [2.24, 2.45) is 5.92 Å². The number of thiophene rings is 1. The first-order valence-electron chi connectivity index (χ1n) is 5.39. The average molecular weight is 276 g/mol. The second kappa shape index (κ2) is 7.24. The van der Waals surface area contributed by atoms with Gasteiger partial charge in [-0.25, -0.2) is 4.79 Å². The number of carbonyl (C=O) groups excluding carboxylic acids is 2. The third kappa shape index (κ3) is 4.85. The highest BCUT2D eigenvalue weighted by molar-refractivity contribution is 7.08. The zero-order valence-electron chi connectivity index (χ0n) is 10.3. The number of hydrogen-bond donors (Lipinski definition) is 1. The van der Waals surface area contributed by atoms with Gasteiger partial charge >= 0.3 is 5.97 Å². The normalized spacial score (nSPS) is 11.8. The molecule has 0 saturated carbocycles. The molecule has 0 fully saturated rings. The number of rotatable bonds is 6. The van der Waals surface area contributed by atoms with Crippen molar-refractivity contribution in [2.45, 2.75) is 6.92 Å². The molecule has 0 aromatic carbocycles. The Bertz CT molecular complexity index is 541. The number of nitrogens with one attached hydrogen (secondary N) is 1. The molecule has 19 heavy (non-hydrogen) atoms. The lowest BCUT2D eigenvalue weighted by Crippen LogP contribution is -2.25. The van der Waals surface area contributed by atoms with Gasteiger partial charge in [-0.15, -0.1) is 0 Å². The molecule has 0 aliphatic heterocycles. The van der Waals surface area contributed by atoms with Crippen molar-refractivity contribution in [1.29, 1.82) is 10.7 Å². The van der Waals surface area contributed by atoms with Crippen LogP contribution in [-0.4, -0.2) is 24.1 Å². The van der Waals surface area contributed by atoms with E-state index >= 15 is 0 Å². The Balaban J connectivity index is 2.44. The van der Waals surface area contributed by atoms with Gasteiger partial charge in [-0.1, -0.05) is 0 Å². The zero-order valence-corrected chi connectivity index (χ0v) is 11.1. The molecule has 0 amide bonds. The van der Waals surface area contributed by atoms with Gasteiger partial charge in [0.1, 0.15) is 5.92 Å². The maximum absolute atomic E-state index is 11.5. The molecule has 0 bridgehead atoms. The van der Waals surface area contributed by atoms with Gasteiger partial charge in [0.2, 0.25) is 0 Å². The van der Waals surface area contributed by atoms with E-state index in [0.717, 1.165) is 5.56 Å². The van der Waals surface area contributed by atoms with Crippen molar-refractivity contribution < 1.29 is 14.3 Å². The van der Waals surface area contributed by atoms with Crippen molar-refractivity contribution in [3.8, 4) is 6.07 Å². The molecule has 0 saturated heterocycles. The van der Waals surface area contributed by atoms with Gasteiger partial charge in [0, 0.05) is 11.8 Å². The third-order valence-electron chi connectivity index (χ3n) is 2.20. The van der Waals surface area contributed by atoms with Gasteiger partial charge < -0.3 is 10.1 Å². The Labute approximate surface area is 114 Å². The lowest BCUT2D eigenvalue weighted by Gasteiger charge is -2.05. The topological polar surface area (TPSA) is 91.0 Å². The molecule has 5 nitrogen and oxygen atoms in total. The molecule has 1 rings (SSSR count). The van der Waals surface area contributed by atoms with E-state index < -0.39 is 24.3 Å². The average Bonchev–Trinajstić information content (AvgIpc) is 2.87. The number of carbonyl (C=O) groups is 2. The summed E-state index contributed by atoms with van der Waals surface area (Å²) in [5, 5.41) is 19.7. The highest BCUT2D eigenvalue weighted by Gasteiger charge is 2.20. The fourth-order valence-electron chi connectivity index (χ4n) is 1.22. The number of esters is 1. The Hall–Kier alpha value is -2.26. The maximum atomic E-state index is 11.5. The van der Waals surface area contributed by atoms with E-state index in [4.69, 9.17) is 15.4 Å². The molecular formula is C13H12N2O3S. The Morgan fingerprint density at radius 2 is 2.37 bits per heavy atom. The van der Waals surface area contributed by atoms with E-state index in [2.05, 4.69) is 0 Å². The van der Waals surface area contributed by atoms with E-state index in [0.29, 0.717) is 0 Å². The molecule has 1 heterocycles. The quantitative estimate of drug-likeness (QED) is 0.489. The van der Waals surface area contributed by atoms with Crippen LogP contribution in [0.4, 0.5) is 0 Å². The fraction of sp³-hybridized carbons (Fsp3) is 0.231. The molecule has 0 spiro atoms. The number of nitrogens with zero attached hydrogens (tertiary/aromatic N) is 1. The molecule has 0 aliphatic carbocycles. The van der Waals surface area contributed by atoms with Crippen molar-refractivity contribution in [3.05, 3.63) is 28.5 Å². The summed E-state index contributed by atoms with van der Waals surface area (Å²) < 4.78 is 4.72. The van der Waals surface area contributed by atoms with Gasteiger partial charge in [0.25, 0.3) is 0 Å². The van der Waals surface area contributed by atoms with Crippen LogP contribution in [0.1, 0.15) is 12.5 Å². The van der Waals surface area contributed by atoms with Crippen LogP contribution < -0.4 is 0 Å². The molecule has 0 radical (unpaired) electrons. The van der Waals surface area contributed by atoms with Gasteiger partial charge in [-0.3, -0.25) is 4.79 Å². The minimum Gasteiger partial charge on any atom is -0.454 e. The number of Topliss-reactive ketones (excluding diaryl/α,β-unsaturated/α-hetero) is 1. The number of hydrogen-bond acceptors (Lipinski definition) is 6. The zero-order chi connectivity index (χ0) is 14.3. The minimum atomic E-state index is -1.14. The van der Waals surface area contributed by atoms with Gasteiger partial charge in [0.05, 0.1) is 6.07 Å². The second-order valence-electron chi connectivity index (χ2n) is 3.71. The van der Waals surface area contributed by atoms with Crippen LogP contribution in [0.3, 0.4) is 0 Å². The molecule has 1 N–H and O–H groups in total. The molecule has 1 unspecified atom stereocenters. The van der Waals surface area contributed by atoms with E-state index in [1.807, 2.05) is 16.8 Å². The number of ketones is 1. The van der Waals surface area contributed by atoms with Crippen molar-refractivity contribution in [1.82, 2.24) is 0 Å². The molecule has 1 atom stereocenters. The number of nitriles is 1. The summed E-state index contributed by atoms with van der Waals surface area (Å²) in [7, 11) is 0. The van der Waals surface area contributed by atoms with Crippen molar-refractivity contribution in [3.63, 3.8) is 0 Å². The van der Waals surface area contributed by atoms with Crippen LogP contribution in [0.5, 0.6) is 0 Å². The van der Waals surface area contributed by atoms with Crippen LogP contribution in [0.15, 0.2) is 22.9 Å². The van der Waals surface area contributed by atoms with Crippen LogP contribution in [0.2, 0.25) is 0 Å². The van der Waals surface area contributed by atoms with E-state index in [-0.39, 0.29) is 5.71 Å². The highest BCUT2D eigenvalue weighted by Crippen LogP contribution is 2.07. The van der Waals surface area contributed by atoms with Crippen molar-refractivity contribution in [2.75, 3.05) is 6.61 Å². The third-order valence-corrected chi connectivity index (χ3v) is 2.90. The predicted octanol–water partition coefficient (Wildman–Crippen LogP) is 2.05. The Morgan fingerprint density at radius 1 is 1.63 bits per heavy atom. The molecule has 6 heteroatoms. The SMILES string of the molecule is CC(=N)C(C#N)C(=O)COC(=O)/C=C/c1ccsc1. The smallest absolute Gasteiger partial charge is 0.331 e. The van der Waals surface area contributed by atoms with Crippen LogP contribution in [-0.2, 0) is 14.3 Å². The van der Waals surface area contributed by atoms with E-state index in [1.165, 1.54) is 24.3 Å². The molecular weight excluding hydrogens is 264 g/mol. The largest absolute Gasteiger partial charge is 0.454 e. The standard InChI is InChI=1S/C13H12N2O3S/c1-9(15)11(6-14)12(16)7-18-13(17)3-2-10-4-5-19-8-10/h2-5,8,11,15H,7H2,1H3/b3-2+,15-9?. The summed E-state index contributed by atoms with van der Waals surface area (Å²) in [4.78, 5) is 22.8. The lowest BCUT2D eigenvalue weighted by atomic mass is 10.0. The summed E-state index contributed by atoms with van der Waals surface area (Å²) >= 11 is 1.50. The van der Waals surface area contributed by atoms with Crippen LogP contribution in [0, 0.1) is 22.7 Å². The Kier molecular flexibility index (Phi) is 5.64. The second-order valence-corrected chi connectivity index (χ2v) is 4.49. The monoisotopic (exact) mass is 276 g/mol. The Morgan fingerprint density at radius 3 is 2.89 bits per heavy atom. The van der Waals surface area contributed by atoms with E-state index in [1.54, 1.807) is 12.1 Å². The number of ether oxygens (including phenoxy) is 1. The maximum Gasteiger partial charge on any atom is 0.331 e. The molecule has 98 valence electrons. The summed E-state index contributed by atoms with van der Waals surface area (Å²) in [6, 6.07) is 3.53. The van der Waals surface area contributed by atoms with Crippen LogP contribution >= 0.6 is 11.3 Å². The first-order valence-corrected chi connectivity index (χ1v) is 6.33. The fourth-order valence-corrected chi connectivity index (χ4v) is 1.85. The first kappa shape index (κ1) is 14.8. The van der Waals surface area contributed by atoms with Gasteiger partial charge in [-0.05, 0) is 35.4 Å². The summed E-state index contributed by atoms with van der Waals surface area (Å²) in [5.41, 5.74) is 0.816. The van der Waals surface area contributed by atoms with E-state index in [9.17, 15) is 9.59 Å². The highest BCUT2D eigenvalue weighted by atomic mass is 32.1. The van der Waals surface area contributed by atoms with Gasteiger partial charge in [-0.2, -0.15) is 16.6 Å². The van der Waals surface area contributed by atoms with Gasteiger partial charge in [0.15, 0.2) is 12.4 Å². The van der Waals surface area contributed by atoms with Crippen molar-refractivity contribution >= 4 is 34.9 Å². The lowest BCUT2D eigenvalue weighted by molar-refractivity contribution is -0.143. The summed E-state index contributed by atoms with van der Waals surface area (Å²) in [6.45, 7) is 0.866. The molecule has 1 aromatic heterocycles. The molecule has 1 aromatic rings. The van der Waals surface area contributed by atoms with Crippen LogP contribution in [0.25, 0.3) is 6.08 Å². The summed E-state index contributed by atoms with van der Waals surface area (Å²) in [6.07, 6.45) is 2.79. The summed E-state index contributed by atoms with van der Waals surface area (Å²) in [5.74, 6) is -2.39. The predicted molar refractivity (Wildman–Crippen MR) is 71.8 cm³/mol. The first-order chi connectivity index (χ1) is 9.04. The minimum absolute atomic E-state index is 0.0580. The molecule has 0 aliphatic rings.